The Morgan fingerprint density at radius 2 is 1.66 bits per heavy atom. The molecule has 1 amide bonds. The van der Waals surface area contributed by atoms with Crippen LogP contribution >= 0.6 is 0 Å². The lowest BCUT2D eigenvalue weighted by Gasteiger charge is -2.38. The molecule has 0 unspecified atom stereocenters. The van der Waals surface area contributed by atoms with Gasteiger partial charge in [-0.2, -0.15) is 4.31 Å². The van der Waals surface area contributed by atoms with Crippen LogP contribution in [0.5, 0.6) is 5.75 Å². The topological polar surface area (TPSA) is 102 Å². The lowest BCUT2D eigenvalue weighted by molar-refractivity contribution is -0.155. The normalized spacial score (nSPS) is 19.8. The van der Waals surface area contributed by atoms with Crippen molar-refractivity contribution in [2.45, 2.75) is 69.2 Å². The molecule has 9 heteroatoms. The molecule has 1 saturated carbocycles. The van der Waals surface area contributed by atoms with E-state index in [-0.39, 0.29) is 42.4 Å². The lowest BCUT2D eigenvalue weighted by Crippen LogP contribution is -2.58. The van der Waals surface area contributed by atoms with Gasteiger partial charge in [0.05, 0.1) is 18.1 Å². The highest BCUT2D eigenvalue weighted by Gasteiger charge is 2.44. The van der Waals surface area contributed by atoms with E-state index in [1.165, 1.54) is 4.31 Å². The summed E-state index contributed by atoms with van der Waals surface area (Å²) in [6.45, 7) is 4.95. The minimum absolute atomic E-state index is 0.182. The maximum Gasteiger partial charge on any atom is 0.331 e. The Morgan fingerprint density at radius 1 is 1.03 bits per heavy atom. The van der Waals surface area contributed by atoms with Gasteiger partial charge in [-0.15, -0.1) is 0 Å². The molecule has 0 radical (unpaired) electrons. The first kappa shape index (κ1) is 24.5. The zero-order chi connectivity index (χ0) is 23.2. The molecule has 1 heterocycles. The minimum atomic E-state index is -3.63. The van der Waals surface area contributed by atoms with Crippen LogP contribution in [0.3, 0.4) is 0 Å². The molecule has 1 aliphatic heterocycles. The van der Waals surface area contributed by atoms with Gasteiger partial charge < -0.3 is 14.8 Å². The summed E-state index contributed by atoms with van der Waals surface area (Å²) in [7, 11) is -3.63. The van der Waals surface area contributed by atoms with E-state index in [0.717, 1.165) is 19.3 Å². The van der Waals surface area contributed by atoms with Crippen molar-refractivity contribution in [2.75, 3.05) is 26.3 Å². The second-order valence-electron chi connectivity index (χ2n) is 8.44. The van der Waals surface area contributed by atoms with Crippen molar-refractivity contribution in [3.05, 3.63) is 24.3 Å². The van der Waals surface area contributed by atoms with Gasteiger partial charge in [0.1, 0.15) is 11.3 Å². The van der Waals surface area contributed by atoms with Crippen LogP contribution in [0.15, 0.2) is 29.2 Å². The summed E-state index contributed by atoms with van der Waals surface area (Å²) in [5.41, 5.74) is -0.948. The molecule has 1 N–H and O–H groups in total. The van der Waals surface area contributed by atoms with E-state index in [0.29, 0.717) is 38.0 Å². The molecular formula is C23H34N2O6S. The van der Waals surface area contributed by atoms with E-state index in [1.54, 1.807) is 31.2 Å². The maximum absolute atomic E-state index is 13.0. The van der Waals surface area contributed by atoms with E-state index in [4.69, 9.17) is 9.47 Å². The number of benzene rings is 1. The van der Waals surface area contributed by atoms with Crippen LogP contribution in [0.2, 0.25) is 0 Å². The van der Waals surface area contributed by atoms with E-state index in [9.17, 15) is 18.0 Å². The van der Waals surface area contributed by atoms with E-state index < -0.39 is 15.6 Å². The van der Waals surface area contributed by atoms with Gasteiger partial charge in [0.2, 0.25) is 15.9 Å². The summed E-state index contributed by atoms with van der Waals surface area (Å²) in [6, 6.07) is 6.39. The molecular weight excluding hydrogens is 432 g/mol. The summed E-state index contributed by atoms with van der Waals surface area (Å²) >= 11 is 0. The number of esters is 1. The van der Waals surface area contributed by atoms with Gasteiger partial charge in [0, 0.05) is 19.0 Å². The summed E-state index contributed by atoms with van der Waals surface area (Å²) < 4.78 is 38.0. The van der Waals surface area contributed by atoms with Crippen LogP contribution in [-0.2, 0) is 24.3 Å². The highest BCUT2D eigenvalue weighted by molar-refractivity contribution is 7.89. The number of sulfonamides is 1. The van der Waals surface area contributed by atoms with Crippen molar-refractivity contribution < 1.29 is 27.5 Å². The van der Waals surface area contributed by atoms with Gasteiger partial charge >= 0.3 is 5.97 Å². The van der Waals surface area contributed by atoms with Crippen molar-refractivity contribution in [3.63, 3.8) is 0 Å². The van der Waals surface area contributed by atoms with E-state index in [1.807, 2.05) is 6.92 Å². The van der Waals surface area contributed by atoms with Crippen LogP contribution in [-0.4, -0.2) is 56.4 Å². The number of nitrogens with zero attached hydrogens (tertiary/aromatic N) is 1. The zero-order valence-corrected chi connectivity index (χ0v) is 19.8. The van der Waals surface area contributed by atoms with Crippen molar-refractivity contribution in [2.24, 2.45) is 5.92 Å². The smallest absolute Gasteiger partial charge is 0.331 e. The Morgan fingerprint density at radius 3 is 2.22 bits per heavy atom. The van der Waals surface area contributed by atoms with Gasteiger partial charge in [0.15, 0.2) is 0 Å². The quantitative estimate of drug-likeness (QED) is 0.591. The minimum Gasteiger partial charge on any atom is -0.494 e. The van der Waals surface area contributed by atoms with Gasteiger partial charge in [0.25, 0.3) is 0 Å². The Hall–Kier alpha value is -2.13. The number of ether oxygens (including phenoxy) is 2. The fraction of sp³-hybridized carbons (Fsp3) is 0.652. The van der Waals surface area contributed by atoms with Gasteiger partial charge in [-0.1, -0.05) is 19.3 Å². The molecule has 8 nitrogen and oxygen atoms in total. The number of piperidine rings is 1. The average molecular weight is 467 g/mol. The summed E-state index contributed by atoms with van der Waals surface area (Å²) in [5, 5.41) is 2.99. The number of rotatable bonds is 8. The first-order valence-electron chi connectivity index (χ1n) is 11.5. The second-order valence-corrected chi connectivity index (χ2v) is 10.4. The van der Waals surface area contributed by atoms with Crippen LogP contribution < -0.4 is 10.1 Å². The van der Waals surface area contributed by atoms with Crippen molar-refractivity contribution >= 4 is 21.9 Å². The Labute approximate surface area is 190 Å². The molecule has 32 heavy (non-hydrogen) atoms. The Bertz CT molecular complexity index is 886. The first-order chi connectivity index (χ1) is 15.3. The molecule has 1 saturated heterocycles. The first-order valence-corrected chi connectivity index (χ1v) is 13.0. The molecule has 1 aliphatic carbocycles. The van der Waals surface area contributed by atoms with Crippen LogP contribution in [0.4, 0.5) is 0 Å². The number of carbonyl (C=O) groups excluding carboxylic acids is 2. The molecule has 0 aromatic heterocycles. The Kier molecular flexibility index (Phi) is 8.16. The summed E-state index contributed by atoms with van der Waals surface area (Å²) in [4.78, 5) is 25.8. The van der Waals surface area contributed by atoms with E-state index in [2.05, 4.69) is 5.32 Å². The van der Waals surface area contributed by atoms with Crippen LogP contribution in [0, 0.1) is 5.92 Å². The van der Waals surface area contributed by atoms with Gasteiger partial charge in [-0.25, -0.2) is 13.2 Å². The molecule has 0 atom stereocenters. The molecule has 2 aliphatic rings. The highest BCUT2D eigenvalue weighted by Crippen LogP contribution is 2.31. The summed E-state index contributed by atoms with van der Waals surface area (Å²) in [6.07, 6.45) is 4.79. The second kappa shape index (κ2) is 10.7. The maximum atomic E-state index is 13.0. The monoisotopic (exact) mass is 466 g/mol. The number of amides is 1. The fourth-order valence-corrected chi connectivity index (χ4v) is 5.99. The molecule has 1 aromatic rings. The van der Waals surface area contributed by atoms with E-state index >= 15 is 0 Å². The number of hydrogen-bond donors (Lipinski definition) is 1. The standard InChI is InChI=1S/C23H34N2O6S/c1-3-30-19-8-10-20(11-9-19)32(28,29)25-16-12-18(13-17-25)21(26)24-23(22(27)31-4-2)14-6-5-7-15-23/h8-11,18H,3-7,12-17H2,1-2H3,(H,24,26). The fourth-order valence-electron chi connectivity index (χ4n) is 4.52. The zero-order valence-electron chi connectivity index (χ0n) is 19.0. The third-order valence-corrected chi connectivity index (χ3v) is 8.25. The lowest BCUT2D eigenvalue weighted by atomic mass is 9.81. The highest BCUT2D eigenvalue weighted by atomic mass is 32.2. The average Bonchev–Trinajstić information content (AvgIpc) is 2.80. The molecule has 178 valence electrons. The van der Waals surface area contributed by atoms with Crippen molar-refractivity contribution in [3.8, 4) is 5.75 Å². The Balaban J connectivity index is 1.61. The van der Waals surface area contributed by atoms with Crippen LogP contribution in [0.25, 0.3) is 0 Å². The predicted molar refractivity (Wildman–Crippen MR) is 120 cm³/mol. The molecule has 0 bridgehead atoms. The van der Waals surface area contributed by atoms with Crippen molar-refractivity contribution in [1.29, 1.82) is 0 Å². The molecule has 1 aromatic carbocycles. The molecule has 2 fully saturated rings. The third kappa shape index (κ3) is 5.43. The van der Waals surface area contributed by atoms with Crippen LogP contribution in [0.1, 0.15) is 58.8 Å². The number of carbonyl (C=O) groups is 2. The SMILES string of the molecule is CCOC(=O)C1(NC(=O)C2CCN(S(=O)(=O)c3ccc(OCC)cc3)CC2)CCCCC1. The van der Waals surface area contributed by atoms with Gasteiger partial charge in [-0.3, -0.25) is 4.79 Å². The number of nitrogens with one attached hydrogen (secondary N) is 1. The van der Waals surface area contributed by atoms with Crippen molar-refractivity contribution in [1.82, 2.24) is 9.62 Å². The number of hydrogen-bond acceptors (Lipinski definition) is 6. The third-order valence-electron chi connectivity index (χ3n) is 6.33. The molecule has 0 spiro atoms. The predicted octanol–water partition coefficient (Wildman–Crippen LogP) is 2.87. The van der Waals surface area contributed by atoms with Gasteiger partial charge in [-0.05, 0) is 63.8 Å². The summed E-state index contributed by atoms with van der Waals surface area (Å²) in [5.74, 6) is -0.239. The largest absolute Gasteiger partial charge is 0.494 e. The molecule has 3 rings (SSSR count).